The van der Waals surface area contributed by atoms with Crippen molar-refractivity contribution in [2.45, 2.75) is 25.1 Å². The summed E-state index contributed by atoms with van der Waals surface area (Å²) in [7, 11) is 0. The minimum Gasteiger partial charge on any atom is -0.429 e. The summed E-state index contributed by atoms with van der Waals surface area (Å²) in [6, 6.07) is 0. The first kappa shape index (κ1) is 10.9. The topological polar surface area (TPSA) is 99.5 Å². The quantitative estimate of drug-likeness (QED) is 0.319. The van der Waals surface area contributed by atoms with Crippen LogP contribution in [0.5, 0.6) is 0 Å². The van der Waals surface area contributed by atoms with E-state index in [4.69, 9.17) is 9.47 Å². The summed E-state index contributed by atoms with van der Waals surface area (Å²) in [5, 5.41) is 27.7. The molecule has 0 aromatic carbocycles. The fourth-order valence-electron chi connectivity index (χ4n) is 2.36. The van der Waals surface area contributed by atoms with Gasteiger partial charge in [-0.25, -0.2) is 4.79 Å². The molecule has 0 aromatic rings. The smallest absolute Gasteiger partial charge is 0.336 e. The van der Waals surface area contributed by atoms with Crippen LogP contribution in [0.15, 0.2) is 22.8 Å². The molecule has 3 atom stereocenters. The van der Waals surface area contributed by atoms with Gasteiger partial charge in [0.1, 0.15) is 6.10 Å². The van der Waals surface area contributed by atoms with Crippen LogP contribution < -0.4 is 0 Å². The number of hydrogen-bond acceptors (Lipinski definition) is 6. The molecule has 6 nitrogen and oxygen atoms in total. The van der Waals surface area contributed by atoms with Gasteiger partial charge in [-0.2, -0.15) is 0 Å². The Balaban J connectivity index is 1.99. The van der Waals surface area contributed by atoms with Crippen molar-refractivity contribution in [3.8, 4) is 0 Å². The van der Waals surface area contributed by atoms with Crippen LogP contribution in [0.3, 0.4) is 0 Å². The molecule has 3 aliphatic rings. The number of hydrogen-bond donors (Lipinski definition) is 3. The highest BCUT2D eigenvalue weighted by Crippen LogP contribution is 2.43. The Morgan fingerprint density at radius 3 is 2.88 bits per heavy atom. The first-order chi connectivity index (χ1) is 8.11. The molecule has 6 heteroatoms. The molecular formula is C11H12O6. The molecule has 0 spiro atoms. The second-order valence-corrected chi connectivity index (χ2v) is 4.37. The van der Waals surface area contributed by atoms with Crippen LogP contribution in [-0.2, 0) is 14.3 Å². The van der Waals surface area contributed by atoms with Crippen molar-refractivity contribution in [3.63, 3.8) is 0 Å². The molecule has 0 amide bonds. The number of aliphatic hydroxyl groups is 3. The Hall–Kier alpha value is -1.21. The monoisotopic (exact) mass is 240 g/mol. The van der Waals surface area contributed by atoms with Crippen molar-refractivity contribution in [2.24, 2.45) is 5.92 Å². The van der Waals surface area contributed by atoms with Gasteiger partial charge in [0.2, 0.25) is 6.29 Å². The van der Waals surface area contributed by atoms with E-state index in [1.807, 2.05) is 0 Å². The lowest BCUT2D eigenvalue weighted by Crippen LogP contribution is -2.32. The third-order valence-electron chi connectivity index (χ3n) is 3.36. The maximum Gasteiger partial charge on any atom is 0.336 e. The largest absolute Gasteiger partial charge is 0.429 e. The van der Waals surface area contributed by atoms with Gasteiger partial charge in [0.05, 0.1) is 6.61 Å². The lowest BCUT2D eigenvalue weighted by molar-refractivity contribution is -0.145. The predicted molar refractivity (Wildman–Crippen MR) is 53.3 cm³/mol. The number of esters is 1. The zero-order chi connectivity index (χ0) is 12.2. The minimum absolute atomic E-state index is 0.158. The highest BCUT2D eigenvalue weighted by Gasteiger charge is 2.52. The van der Waals surface area contributed by atoms with Crippen LogP contribution in [0, 0.1) is 5.92 Å². The number of carbonyl (C=O) groups excluding carboxylic acids is 1. The maximum absolute atomic E-state index is 11.6. The second kappa shape index (κ2) is 3.64. The highest BCUT2D eigenvalue weighted by atomic mass is 16.8. The lowest BCUT2D eigenvalue weighted by atomic mass is 9.81. The van der Waals surface area contributed by atoms with Crippen LogP contribution in [0.2, 0.25) is 0 Å². The molecule has 2 aliphatic heterocycles. The zero-order valence-electron chi connectivity index (χ0n) is 8.87. The Morgan fingerprint density at radius 1 is 1.47 bits per heavy atom. The number of rotatable bonds is 2. The van der Waals surface area contributed by atoms with Crippen LogP contribution in [0.1, 0.15) is 6.42 Å². The summed E-state index contributed by atoms with van der Waals surface area (Å²) in [6.45, 7) is -0.272. The van der Waals surface area contributed by atoms with Crippen molar-refractivity contribution in [1.82, 2.24) is 0 Å². The van der Waals surface area contributed by atoms with Crippen molar-refractivity contribution in [3.05, 3.63) is 22.8 Å². The van der Waals surface area contributed by atoms with E-state index >= 15 is 0 Å². The van der Waals surface area contributed by atoms with Crippen LogP contribution in [0.25, 0.3) is 0 Å². The standard InChI is InChI=1S/C11H12O6/c12-3-4-1-6-7(2-5(4)9(13)14)10(15)17-11-8(6)16-11/h1,5,8-9,11-14H,2-3H2. The molecule has 0 aromatic heterocycles. The van der Waals surface area contributed by atoms with Crippen LogP contribution in [-0.4, -0.2) is 46.6 Å². The van der Waals surface area contributed by atoms with E-state index in [2.05, 4.69) is 0 Å². The Morgan fingerprint density at radius 2 is 2.24 bits per heavy atom. The number of ether oxygens (including phenoxy) is 2. The van der Waals surface area contributed by atoms with Gasteiger partial charge in [-0.15, -0.1) is 0 Å². The summed E-state index contributed by atoms with van der Waals surface area (Å²) < 4.78 is 10.1. The van der Waals surface area contributed by atoms with E-state index < -0.39 is 24.5 Å². The van der Waals surface area contributed by atoms with E-state index in [0.717, 1.165) is 0 Å². The molecule has 1 saturated heterocycles. The van der Waals surface area contributed by atoms with Gasteiger partial charge in [-0.3, -0.25) is 0 Å². The minimum atomic E-state index is -1.60. The van der Waals surface area contributed by atoms with E-state index in [1.54, 1.807) is 6.08 Å². The molecule has 3 unspecified atom stereocenters. The van der Waals surface area contributed by atoms with Crippen molar-refractivity contribution < 1.29 is 29.6 Å². The Kier molecular flexibility index (Phi) is 2.34. The van der Waals surface area contributed by atoms with Crippen molar-refractivity contribution in [2.75, 3.05) is 6.61 Å². The molecule has 0 saturated carbocycles. The molecular weight excluding hydrogens is 228 g/mol. The summed E-state index contributed by atoms with van der Waals surface area (Å²) >= 11 is 0. The third-order valence-corrected chi connectivity index (χ3v) is 3.36. The van der Waals surface area contributed by atoms with Gasteiger partial charge in [0, 0.05) is 11.5 Å². The predicted octanol–water partition coefficient (Wildman–Crippen LogP) is -1.19. The second-order valence-electron chi connectivity index (χ2n) is 4.37. The van der Waals surface area contributed by atoms with Gasteiger partial charge < -0.3 is 24.8 Å². The molecule has 17 heavy (non-hydrogen) atoms. The highest BCUT2D eigenvalue weighted by molar-refractivity contribution is 5.92. The average Bonchev–Trinajstić information content (AvgIpc) is 3.06. The molecule has 92 valence electrons. The SMILES string of the molecule is O=C1OC2OC2C2=C1CC(C(O)O)C(CO)=C2. The zero-order valence-corrected chi connectivity index (χ0v) is 8.87. The summed E-state index contributed by atoms with van der Waals surface area (Å²) in [5.74, 6) is -1.14. The maximum atomic E-state index is 11.6. The molecule has 0 radical (unpaired) electrons. The van der Waals surface area contributed by atoms with Crippen molar-refractivity contribution >= 4 is 5.97 Å². The molecule has 1 fully saturated rings. The first-order valence-corrected chi connectivity index (χ1v) is 5.38. The first-order valence-electron chi connectivity index (χ1n) is 5.38. The molecule has 3 N–H and O–H groups in total. The van der Waals surface area contributed by atoms with Gasteiger partial charge in [0.15, 0.2) is 6.29 Å². The summed E-state index contributed by atoms with van der Waals surface area (Å²) in [6.07, 6.45) is -0.582. The molecule has 2 heterocycles. The lowest BCUT2D eigenvalue weighted by Gasteiger charge is -2.28. The van der Waals surface area contributed by atoms with Crippen molar-refractivity contribution in [1.29, 1.82) is 0 Å². The van der Waals surface area contributed by atoms with Gasteiger partial charge in [-0.1, -0.05) is 6.08 Å². The fourth-order valence-corrected chi connectivity index (χ4v) is 2.36. The number of carbonyl (C=O) groups is 1. The normalized spacial score (nSPS) is 35.2. The average molecular weight is 240 g/mol. The van der Waals surface area contributed by atoms with Crippen LogP contribution >= 0.6 is 0 Å². The molecule has 0 bridgehead atoms. The van der Waals surface area contributed by atoms with Crippen LogP contribution in [0.4, 0.5) is 0 Å². The number of epoxide rings is 1. The number of aliphatic hydroxyl groups excluding tert-OH is 2. The Bertz CT molecular complexity index is 435. The summed E-state index contributed by atoms with van der Waals surface area (Å²) in [5.41, 5.74) is 1.62. The summed E-state index contributed by atoms with van der Waals surface area (Å²) in [4.78, 5) is 11.6. The fraction of sp³-hybridized carbons (Fsp3) is 0.545. The third kappa shape index (κ3) is 1.61. The van der Waals surface area contributed by atoms with Gasteiger partial charge in [0.25, 0.3) is 0 Å². The number of fused-ring (bicyclic) bond motifs is 2. The van der Waals surface area contributed by atoms with Gasteiger partial charge >= 0.3 is 5.97 Å². The Labute approximate surface area is 96.8 Å². The van der Waals surface area contributed by atoms with E-state index in [0.29, 0.717) is 16.7 Å². The molecule has 1 aliphatic carbocycles. The molecule has 3 rings (SSSR count). The van der Waals surface area contributed by atoms with Gasteiger partial charge in [-0.05, 0) is 17.6 Å². The van der Waals surface area contributed by atoms with E-state index in [1.165, 1.54) is 0 Å². The van der Waals surface area contributed by atoms with E-state index in [9.17, 15) is 20.1 Å². The van der Waals surface area contributed by atoms with E-state index in [-0.39, 0.29) is 19.1 Å².